The second-order valence-corrected chi connectivity index (χ2v) is 11.8. The number of alkyl halides is 2. The number of halogens is 4. The zero-order valence-corrected chi connectivity index (χ0v) is 25.4. The van der Waals surface area contributed by atoms with E-state index in [1.165, 1.54) is 41.0 Å². The van der Waals surface area contributed by atoms with E-state index in [4.69, 9.17) is 14.2 Å². The number of rotatable bonds is 8. The van der Waals surface area contributed by atoms with Crippen molar-refractivity contribution in [2.45, 2.75) is 65.3 Å². The molecule has 0 unspecified atom stereocenters. The van der Waals surface area contributed by atoms with E-state index in [9.17, 15) is 22.8 Å². The van der Waals surface area contributed by atoms with Gasteiger partial charge in [0.2, 0.25) is 0 Å². The van der Waals surface area contributed by atoms with Gasteiger partial charge in [-0.2, -0.15) is 13.8 Å². The van der Waals surface area contributed by atoms with Crippen LogP contribution >= 0.6 is 0 Å². The normalized spacial score (nSPS) is 12.1. The zero-order chi connectivity index (χ0) is 33.2. The van der Waals surface area contributed by atoms with Crippen LogP contribution in [0.3, 0.4) is 0 Å². The number of fused-ring (bicyclic) bond motifs is 1. The molecule has 2 amide bonds. The number of carbonyl (C=O) groups is 2. The van der Waals surface area contributed by atoms with Crippen molar-refractivity contribution in [1.82, 2.24) is 14.6 Å². The molecule has 0 saturated carbocycles. The first-order valence-corrected chi connectivity index (χ1v) is 13.8. The first kappa shape index (κ1) is 33.0. The summed E-state index contributed by atoms with van der Waals surface area (Å²) in [5.74, 6) is -2.28. The molecule has 0 aliphatic rings. The summed E-state index contributed by atoms with van der Waals surface area (Å²) in [6.45, 7) is 9.17. The Bertz CT molecular complexity index is 1650. The largest absolute Gasteiger partial charge is 0.490 e. The van der Waals surface area contributed by atoms with Crippen molar-refractivity contribution in [2.24, 2.45) is 0 Å². The van der Waals surface area contributed by atoms with Crippen LogP contribution < -0.4 is 14.4 Å². The molecule has 0 radical (unpaired) electrons. The van der Waals surface area contributed by atoms with Gasteiger partial charge < -0.3 is 18.9 Å². The summed E-state index contributed by atoms with van der Waals surface area (Å²) < 4.78 is 78.9. The van der Waals surface area contributed by atoms with Gasteiger partial charge in [-0.1, -0.05) is 12.1 Å². The number of hydrogen-bond donors (Lipinski definition) is 0. The van der Waals surface area contributed by atoms with Crippen molar-refractivity contribution in [3.8, 4) is 22.6 Å². The van der Waals surface area contributed by atoms with Gasteiger partial charge in [-0.3, -0.25) is 0 Å². The third kappa shape index (κ3) is 8.83. The molecule has 45 heavy (non-hydrogen) atoms. The van der Waals surface area contributed by atoms with Crippen LogP contribution in [-0.2, 0) is 9.47 Å². The second kappa shape index (κ2) is 12.6. The Kier molecular flexibility index (Phi) is 9.26. The molecule has 10 nitrogen and oxygen atoms in total. The van der Waals surface area contributed by atoms with Gasteiger partial charge in [-0.25, -0.2) is 22.9 Å². The van der Waals surface area contributed by atoms with E-state index >= 15 is 4.39 Å². The third-order valence-corrected chi connectivity index (χ3v) is 5.68. The number of aromatic nitrogens is 3. The number of benzene rings is 2. The third-order valence-electron chi connectivity index (χ3n) is 5.68. The van der Waals surface area contributed by atoms with Gasteiger partial charge in [0.25, 0.3) is 5.95 Å². The minimum atomic E-state index is -3.66. The van der Waals surface area contributed by atoms with Crippen molar-refractivity contribution in [3.63, 3.8) is 0 Å². The van der Waals surface area contributed by atoms with E-state index < -0.39 is 54.2 Å². The van der Waals surface area contributed by atoms with E-state index in [1.54, 1.807) is 41.5 Å². The number of ether oxygens (including phenoxy) is 4. The van der Waals surface area contributed by atoms with Crippen LogP contribution in [0.2, 0.25) is 0 Å². The predicted molar refractivity (Wildman–Crippen MR) is 155 cm³/mol. The summed E-state index contributed by atoms with van der Waals surface area (Å²) >= 11 is 0. The molecule has 0 fully saturated rings. The minimum Gasteiger partial charge on any atom is -0.490 e. The standard InChI is InChI=1S/C31H32F4N4O6/c1-29(2,3)44-27(40)39(28(41)45-30(4,5)6)26-36-24-18-19(14-16-38(24)37-26)22-8-7-9-23(25(22)33)42-17-15-31(34,35)43-21-12-10-20(32)11-13-21/h7-14,16,18H,15,17H2,1-6H3. The zero-order valence-electron chi connectivity index (χ0n) is 25.4. The Labute approximate surface area is 256 Å². The molecule has 240 valence electrons. The molecular formula is C31H32F4N4O6. The molecule has 14 heteroatoms. The van der Waals surface area contributed by atoms with Gasteiger partial charge in [0.1, 0.15) is 22.8 Å². The molecule has 0 aliphatic carbocycles. The molecule has 0 aliphatic heterocycles. The van der Waals surface area contributed by atoms with E-state index in [0.717, 1.165) is 24.3 Å². The quantitative estimate of drug-likeness (QED) is 0.181. The van der Waals surface area contributed by atoms with E-state index in [1.807, 2.05) is 0 Å². The van der Waals surface area contributed by atoms with Crippen molar-refractivity contribution in [3.05, 3.63) is 72.4 Å². The molecule has 0 spiro atoms. The number of pyridine rings is 1. The molecule has 0 N–H and O–H groups in total. The molecule has 0 bridgehead atoms. The monoisotopic (exact) mass is 632 g/mol. The fourth-order valence-electron chi connectivity index (χ4n) is 3.84. The SMILES string of the molecule is CC(C)(C)OC(=O)N(C(=O)OC(C)(C)C)c1nc2cc(-c3cccc(OCCC(F)(F)Oc4ccc(F)cc4)c3F)ccn2n1. The number of anilines is 1. The van der Waals surface area contributed by atoms with Gasteiger partial charge >= 0.3 is 18.3 Å². The Hall–Kier alpha value is -4.88. The first-order valence-electron chi connectivity index (χ1n) is 13.8. The lowest BCUT2D eigenvalue weighted by Crippen LogP contribution is -2.44. The maximum absolute atomic E-state index is 15.5. The van der Waals surface area contributed by atoms with Crippen LogP contribution in [0.1, 0.15) is 48.0 Å². The van der Waals surface area contributed by atoms with E-state index in [2.05, 4.69) is 14.8 Å². The fourth-order valence-corrected chi connectivity index (χ4v) is 3.84. The molecule has 2 heterocycles. The van der Waals surface area contributed by atoms with Crippen LogP contribution in [0.25, 0.3) is 16.8 Å². The Balaban J connectivity index is 1.54. The Morgan fingerprint density at radius 2 is 1.51 bits per heavy atom. The highest BCUT2D eigenvalue weighted by atomic mass is 19.3. The molecule has 0 saturated heterocycles. The van der Waals surface area contributed by atoms with Crippen molar-refractivity contribution in [2.75, 3.05) is 11.5 Å². The highest BCUT2D eigenvalue weighted by Gasteiger charge is 2.36. The fraction of sp³-hybridized carbons (Fsp3) is 0.355. The highest BCUT2D eigenvalue weighted by Crippen LogP contribution is 2.31. The van der Waals surface area contributed by atoms with E-state index in [0.29, 0.717) is 10.5 Å². The van der Waals surface area contributed by atoms with E-state index in [-0.39, 0.29) is 28.7 Å². The lowest BCUT2D eigenvalue weighted by atomic mass is 10.1. The highest BCUT2D eigenvalue weighted by molar-refractivity contribution is 6.08. The first-order chi connectivity index (χ1) is 20.9. The van der Waals surface area contributed by atoms with Gasteiger partial charge in [0, 0.05) is 11.8 Å². The molecular weight excluding hydrogens is 600 g/mol. The van der Waals surface area contributed by atoms with Gasteiger partial charge in [0.15, 0.2) is 17.2 Å². The van der Waals surface area contributed by atoms with Crippen molar-refractivity contribution >= 4 is 23.8 Å². The molecule has 0 atom stereocenters. The van der Waals surface area contributed by atoms with Gasteiger partial charge in [-0.05, 0) is 89.6 Å². The maximum atomic E-state index is 15.5. The van der Waals surface area contributed by atoms with Gasteiger partial charge in [-0.15, -0.1) is 10.00 Å². The summed E-state index contributed by atoms with van der Waals surface area (Å²) in [6, 6.07) is 11.3. The predicted octanol–water partition coefficient (Wildman–Crippen LogP) is 7.79. The lowest BCUT2D eigenvalue weighted by molar-refractivity contribution is -0.184. The summed E-state index contributed by atoms with van der Waals surface area (Å²) in [5, 5.41) is 4.20. The summed E-state index contributed by atoms with van der Waals surface area (Å²) in [5.41, 5.74) is -1.37. The molecule has 4 rings (SSSR count). The minimum absolute atomic E-state index is 0.0602. The Morgan fingerprint density at radius 1 is 0.889 bits per heavy atom. The maximum Gasteiger partial charge on any atom is 0.427 e. The lowest BCUT2D eigenvalue weighted by Gasteiger charge is -2.26. The van der Waals surface area contributed by atoms with Crippen LogP contribution in [0, 0.1) is 11.6 Å². The van der Waals surface area contributed by atoms with Crippen molar-refractivity contribution in [1.29, 1.82) is 0 Å². The van der Waals surface area contributed by atoms with Crippen molar-refractivity contribution < 1.29 is 46.1 Å². The summed E-state index contributed by atoms with van der Waals surface area (Å²) in [6.07, 6.45) is -5.25. The molecule has 2 aromatic carbocycles. The van der Waals surface area contributed by atoms with Gasteiger partial charge in [0.05, 0.1) is 13.0 Å². The van der Waals surface area contributed by atoms with Crippen LogP contribution in [0.4, 0.5) is 33.1 Å². The average molecular weight is 633 g/mol. The average Bonchev–Trinajstić information content (AvgIpc) is 3.31. The topological polar surface area (TPSA) is 104 Å². The summed E-state index contributed by atoms with van der Waals surface area (Å²) in [7, 11) is 0. The number of hydrogen-bond acceptors (Lipinski definition) is 8. The number of carbonyl (C=O) groups excluding carboxylic acids is 2. The van der Waals surface area contributed by atoms with Crippen LogP contribution in [0.15, 0.2) is 60.8 Å². The smallest absolute Gasteiger partial charge is 0.427 e. The molecule has 2 aromatic heterocycles. The number of nitrogens with zero attached hydrogens (tertiary/aromatic N) is 4. The Morgan fingerprint density at radius 3 is 2.11 bits per heavy atom. The van der Waals surface area contributed by atoms with Crippen LogP contribution in [-0.4, -0.2) is 50.7 Å². The number of imide groups is 1. The van der Waals surface area contributed by atoms with Crippen LogP contribution in [0.5, 0.6) is 11.5 Å². The summed E-state index contributed by atoms with van der Waals surface area (Å²) in [4.78, 5) is 30.8. The second-order valence-electron chi connectivity index (χ2n) is 11.8. The number of amides is 2. The molecule has 4 aromatic rings.